The Morgan fingerprint density at radius 2 is 1.97 bits per heavy atom. The highest BCUT2D eigenvalue weighted by Gasteiger charge is 2.48. The topological polar surface area (TPSA) is 87.4 Å². The first-order valence-corrected chi connectivity index (χ1v) is 11.8. The molecule has 1 saturated heterocycles. The Morgan fingerprint density at radius 3 is 2.86 bits per heavy atom. The molecular formula is C27H23N5O3. The van der Waals surface area contributed by atoms with Crippen molar-refractivity contribution in [3.8, 4) is 0 Å². The lowest BCUT2D eigenvalue weighted by atomic mass is 9.86. The average Bonchev–Trinajstić information content (AvgIpc) is 3.63. The van der Waals surface area contributed by atoms with Crippen LogP contribution in [-0.4, -0.2) is 55.5 Å². The van der Waals surface area contributed by atoms with Crippen LogP contribution in [0.1, 0.15) is 22.9 Å². The van der Waals surface area contributed by atoms with Gasteiger partial charge in [0, 0.05) is 47.3 Å². The summed E-state index contributed by atoms with van der Waals surface area (Å²) < 4.78 is 7.32. The molecule has 8 heteroatoms. The molecular weight excluding hydrogens is 442 g/mol. The largest absolute Gasteiger partial charge is 0.464 e. The number of carbonyl (C=O) groups is 2. The van der Waals surface area contributed by atoms with Crippen LogP contribution in [0.4, 0.5) is 0 Å². The molecule has 35 heavy (non-hydrogen) atoms. The first-order chi connectivity index (χ1) is 17.2. The second-order valence-corrected chi connectivity index (χ2v) is 9.23. The summed E-state index contributed by atoms with van der Waals surface area (Å²) in [5.41, 5.74) is 4.86. The van der Waals surface area contributed by atoms with Crippen LogP contribution in [0.15, 0.2) is 77.7 Å². The summed E-state index contributed by atoms with van der Waals surface area (Å²) in [6.45, 7) is 1.07. The van der Waals surface area contributed by atoms with Gasteiger partial charge in [0.05, 0.1) is 25.4 Å². The second-order valence-electron chi connectivity index (χ2n) is 9.23. The van der Waals surface area contributed by atoms with Crippen molar-refractivity contribution in [2.24, 2.45) is 0 Å². The lowest BCUT2D eigenvalue weighted by Crippen LogP contribution is -2.63. The zero-order chi connectivity index (χ0) is 23.5. The summed E-state index contributed by atoms with van der Waals surface area (Å²) in [6.07, 6.45) is 5.74. The molecule has 5 aromatic rings. The Kier molecular flexibility index (Phi) is 4.36. The predicted octanol–water partition coefficient (Wildman–Crippen LogP) is 3.50. The highest BCUT2D eigenvalue weighted by molar-refractivity contribution is 5.97. The summed E-state index contributed by atoms with van der Waals surface area (Å²) in [5.74, 6) is -0.0567. The molecule has 2 atom stereocenters. The maximum Gasteiger partial charge on any atom is 0.246 e. The molecule has 2 aromatic carbocycles. The van der Waals surface area contributed by atoms with Crippen molar-refractivity contribution in [1.29, 1.82) is 0 Å². The van der Waals surface area contributed by atoms with Crippen LogP contribution in [0.5, 0.6) is 0 Å². The van der Waals surface area contributed by atoms with Crippen molar-refractivity contribution in [2.75, 3.05) is 13.1 Å². The number of H-pyrrole nitrogens is 1. The predicted molar refractivity (Wildman–Crippen MR) is 130 cm³/mol. The van der Waals surface area contributed by atoms with Crippen LogP contribution in [0.3, 0.4) is 0 Å². The molecule has 1 N–H and O–H groups in total. The van der Waals surface area contributed by atoms with Gasteiger partial charge < -0.3 is 19.2 Å². The lowest BCUT2D eigenvalue weighted by Gasteiger charge is -2.47. The molecule has 0 aliphatic carbocycles. The number of furan rings is 1. The average molecular weight is 466 g/mol. The number of nitrogens with one attached hydrogen (secondary N) is 1. The van der Waals surface area contributed by atoms with E-state index in [0.717, 1.165) is 38.7 Å². The van der Waals surface area contributed by atoms with E-state index in [0.29, 0.717) is 19.5 Å². The van der Waals surface area contributed by atoms with E-state index in [2.05, 4.69) is 22.2 Å². The fraction of sp³-hybridized carbons (Fsp3) is 0.222. The van der Waals surface area contributed by atoms with Crippen LogP contribution in [-0.2, 0) is 22.6 Å². The number of nitrogens with zero attached hydrogens (tertiary/aromatic N) is 4. The smallest absolute Gasteiger partial charge is 0.246 e. The fourth-order valence-electron chi connectivity index (χ4n) is 5.67. The van der Waals surface area contributed by atoms with E-state index in [1.54, 1.807) is 26.9 Å². The van der Waals surface area contributed by atoms with Crippen molar-refractivity contribution in [2.45, 2.75) is 25.0 Å². The molecule has 2 aliphatic rings. The molecule has 174 valence electrons. The minimum absolute atomic E-state index is 0.0120. The number of para-hydroxylation sites is 1. The number of carbonyl (C=O) groups excluding carboxylic acids is 2. The van der Waals surface area contributed by atoms with Crippen LogP contribution < -0.4 is 0 Å². The van der Waals surface area contributed by atoms with Crippen molar-refractivity contribution in [3.63, 3.8) is 0 Å². The molecule has 0 radical (unpaired) electrons. The van der Waals surface area contributed by atoms with E-state index in [1.807, 2.05) is 48.7 Å². The molecule has 5 heterocycles. The van der Waals surface area contributed by atoms with E-state index in [1.165, 1.54) is 0 Å². The number of aromatic amines is 1. The summed E-state index contributed by atoms with van der Waals surface area (Å²) in [7, 11) is 0. The summed E-state index contributed by atoms with van der Waals surface area (Å²) >= 11 is 0. The fourth-order valence-corrected chi connectivity index (χ4v) is 5.67. The maximum atomic E-state index is 13.8. The van der Waals surface area contributed by atoms with Crippen molar-refractivity contribution >= 4 is 33.7 Å². The Morgan fingerprint density at radius 1 is 1.06 bits per heavy atom. The molecule has 2 amide bonds. The first-order valence-electron chi connectivity index (χ1n) is 11.8. The van der Waals surface area contributed by atoms with Crippen molar-refractivity contribution < 1.29 is 14.0 Å². The molecule has 8 nitrogen and oxygen atoms in total. The van der Waals surface area contributed by atoms with Crippen LogP contribution in [0, 0.1) is 0 Å². The summed E-state index contributed by atoms with van der Waals surface area (Å²) in [6, 6.07) is 17.0. The van der Waals surface area contributed by atoms with E-state index in [9.17, 15) is 9.59 Å². The number of hydrogen-bond acceptors (Lipinski definition) is 4. The zero-order valence-corrected chi connectivity index (χ0v) is 18.9. The lowest BCUT2D eigenvalue weighted by molar-refractivity contribution is -0.158. The van der Waals surface area contributed by atoms with Gasteiger partial charge in [-0.25, -0.2) is 0 Å². The third kappa shape index (κ3) is 3.10. The van der Waals surface area contributed by atoms with Gasteiger partial charge in [0.1, 0.15) is 11.6 Å². The van der Waals surface area contributed by atoms with Gasteiger partial charge in [0.25, 0.3) is 0 Å². The van der Waals surface area contributed by atoms with Crippen LogP contribution in [0.25, 0.3) is 21.9 Å². The van der Waals surface area contributed by atoms with Gasteiger partial charge in [0.2, 0.25) is 11.8 Å². The van der Waals surface area contributed by atoms with Gasteiger partial charge in [0.15, 0.2) is 0 Å². The van der Waals surface area contributed by atoms with E-state index in [-0.39, 0.29) is 24.4 Å². The number of hydrogen-bond donors (Lipinski definition) is 1. The summed E-state index contributed by atoms with van der Waals surface area (Å²) in [5, 5.41) is 6.30. The third-order valence-corrected chi connectivity index (χ3v) is 7.29. The Bertz CT molecular complexity index is 1580. The van der Waals surface area contributed by atoms with Gasteiger partial charge in [-0.05, 0) is 41.5 Å². The Hall–Kier alpha value is -4.33. The Labute approximate surface area is 200 Å². The first kappa shape index (κ1) is 20.1. The molecule has 2 aliphatic heterocycles. The van der Waals surface area contributed by atoms with E-state index >= 15 is 0 Å². The van der Waals surface area contributed by atoms with Gasteiger partial charge in [-0.3, -0.25) is 14.3 Å². The van der Waals surface area contributed by atoms with Gasteiger partial charge in [-0.15, -0.1) is 0 Å². The molecule has 7 rings (SSSR count). The molecule has 0 saturated carbocycles. The standard InChI is InChI=1S/C27H23N5O3/c33-24-16-30(11-12-31-10-3-9-28-31)27(34)22-15-20-19-4-1-2-5-21(19)29-25(20)26(32(22)24)18-6-7-23-17(14-18)8-13-35-23/h1-10,13-14,22,26,29H,11-12,15-16H2/t22-,26-/m1/s1. The normalized spacial score (nSPS) is 20.0. The van der Waals surface area contributed by atoms with Gasteiger partial charge in [-0.1, -0.05) is 24.3 Å². The van der Waals surface area contributed by atoms with Crippen LogP contribution in [0.2, 0.25) is 0 Å². The molecule has 0 bridgehead atoms. The van der Waals surface area contributed by atoms with E-state index < -0.39 is 6.04 Å². The number of benzene rings is 2. The number of aromatic nitrogens is 3. The number of fused-ring (bicyclic) bond motifs is 5. The minimum atomic E-state index is -0.550. The number of rotatable bonds is 4. The van der Waals surface area contributed by atoms with Crippen molar-refractivity contribution in [3.05, 3.63) is 90.1 Å². The molecule has 1 fully saturated rings. The minimum Gasteiger partial charge on any atom is -0.464 e. The summed E-state index contributed by atoms with van der Waals surface area (Å²) in [4.78, 5) is 34.5. The van der Waals surface area contributed by atoms with Gasteiger partial charge in [-0.2, -0.15) is 5.10 Å². The number of piperazine rings is 1. The van der Waals surface area contributed by atoms with Crippen molar-refractivity contribution in [1.82, 2.24) is 24.6 Å². The highest BCUT2D eigenvalue weighted by atomic mass is 16.3. The van der Waals surface area contributed by atoms with E-state index in [4.69, 9.17) is 4.42 Å². The maximum absolute atomic E-state index is 13.8. The van der Waals surface area contributed by atoms with Crippen LogP contribution >= 0.6 is 0 Å². The third-order valence-electron chi connectivity index (χ3n) is 7.29. The zero-order valence-electron chi connectivity index (χ0n) is 18.9. The quantitative estimate of drug-likeness (QED) is 0.440. The number of amides is 2. The molecule has 0 unspecified atom stereocenters. The van der Waals surface area contributed by atoms with Gasteiger partial charge >= 0.3 is 0 Å². The SMILES string of the molecule is O=C1[C@H]2Cc3c([nH]c4ccccc34)[C@@H](c3ccc4occc4c3)N2C(=O)CN1CCn1cccn1. The highest BCUT2D eigenvalue weighted by Crippen LogP contribution is 2.43. The second kappa shape index (κ2) is 7.59. The Balaban J connectivity index is 1.33. The molecule has 0 spiro atoms. The molecule has 3 aromatic heterocycles. The monoisotopic (exact) mass is 465 g/mol.